The first kappa shape index (κ1) is 12.3. The topological polar surface area (TPSA) is 107 Å². The fourth-order valence-electron chi connectivity index (χ4n) is 0.784. The van der Waals surface area contributed by atoms with Gasteiger partial charge in [0.2, 0.25) is 0 Å². The van der Waals surface area contributed by atoms with Crippen LogP contribution in [-0.4, -0.2) is 57.9 Å². The summed E-state index contributed by atoms with van der Waals surface area (Å²) in [5.41, 5.74) is 0. The normalized spacial score (nSPS) is 17.6. The third-order valence-electron chi connectivity index (χ3n) is 1.46. The molecule has 0 bridgehead atoms. The first-order valence-electron chi connectivity index (χ1n) is 3.78. The van der Waals surface area contributed by atoms with Crippen molar-refractivity contribution in [3.8, 4) is 0 Å². The Morgan fingerprint density at radius 1 is 1.31 bits per heavy atom. The largest absolute Gasteiger partial charge is 0.457 e. The molecule has 0 heterocycles. The lowest BCUT2D eigenvalue weighted by Gasteiger charge is -2.23. The minimum atomic E-state index is -1.49. The van der Waals surface area contributed by atoms with E-state index in [9.17, 15) is 9.90 Å². The summed E-state index contributed by atoms with van der Waals surface area (Å²) in [5.74, 6) is -0.678. The van der Waals surface area contributed by atoms with Crippen molar-refractivity contribution in [1.82, 2.24) is 0 Å². The maximum absolute atomic E-state index is 10.4. The second kappa shape index (κ2) is 5.87. The second-order valence-corrected chi connectivity index (χ2v) is 2.57. The first-order chi connectivity index (χ1) is 6.02. The maximum Gasteiger partial charge on any atom is 0.303 e. The van der Waals surface area contributed by atoms with E-state index in [2.05, 4.69) is 4.74 Å². The van der Waals surface area contributed by atoms with Crippen molar-refractivity contribution in [2.45, 2.75) is 25.2 Å². The highest BCUT2D eigenvalue weighted by atomic mass is 16.6. The van der Waals surface area contributed by atoms with E-state index in [-0.39, 0.29) is 0 Å². The molecule has 0 aliphatic heterocycles. The Morgan fingerprint density at radius 2 is 1.85 bits per heavy atom. The maximum atomic E-state index is 10.4. The van der Waals surface area contributed by atoms with Crippen LogP contribution in [0.2, 0.25) is 0 Å². The molecule has 0 aromatic rings. The number of esters is 1. The van der Waals surface area contributed by atoms with E-state index in [1.165, 1.54) is 0 Å². The van der Waals surface area contributed by atoms with Crippen LogP contribution in [-0.2, 0) is 9.53 Å². The molecular formula is C7H14O6. The predicted molar refractivity (Wildman–Crippen MR) is 41.7 cm³/mol. The lowest BCUT2D eigenvalue weighted by Crippen LogP contribution is -2.43. The van der Waals surface area contributed by atoms with Crippen LogP contribution < -0.4 is 0 Å². The summed E-state index contributed by atoms with van der Waals surface area (Å²) in [5, 5.41) is 35.2. The third kappa shape index (κ3) is 4.18. The van der Waals surface area contributed by atoms with Gasteiger partial charge in [-0.25, -0.2) is 0 Å². The number of aliphatic hydroxyl groups is 4. The fraction of sp³-hybridized carbons (Fsp3) is 0.857. The lowest BCUT2D eigenvalue weighted by molar-refractivity contribution is -0.162. The summed E-state index contributed by atoms with van der Waals surface area (Å²) in [6.07, 6.45) is -4.13. The highest BCUT2D eigenvalue weighted by molar-refractivity contribution is 5.66. The Bertz CT molecular complexity index is 159. The van der Waals surface area contributed by atoms with E-state index >= 15 is 0 Å². The molecule has 0 spiro atoms. The molecule has 0 aromatic heterocycles. The molecule has 0 aliphatic carbocycles. The summed E-state index contributed by atoms with van der Waals surface area (Å²) in [6.45, 7) is -0.169. The monoisotopic (exact) mass is 194 g/mol. The molecule has 0 rings (SSSR count). The molecule has 78 valence electrons. The number of hydrogen-bond acceptors (Lipinski definition) is 6. The quantitative estimate of drug-likeness (QED) is 0.364. The van der Waals surface area contributed by atoms with Gasteiger partial charge in [0.25, 0.3) is 0 Å². The van der Waals surface area contributed by atoms with Gasteiger partial charge in [-0.05, 0) is 0 Å². The molecule has 6 nitrogen and oxygen atoms in total. The average Bonchev–Trinajstić information content (AvgIpc) is 2.11. The van der Waals surface area contributed by atoms with Crippen molar-refractivity contribution < 1.29 is 30.0 Å². The molecule has 0 unspecified atom stereocenters. The van der Waals surface area contributed by atoms with Gasteiger partial charge in [-0.2, -0.15) is 0 Å². The van der Waals surface area contributed by atoms with Crippen molar-refractivity contribution in [1.29, 1.82) is 0 Å². The van der Waals surface area contributed by atoms with Gasteiger partial charge in [-0.15, -0.1) is 0 Å². The summed E-state index contributed by atoms with van der Waals surface area (Å²) in [6, 6.07) is 0. The van der Waals surface area contributed by atoms with Gasteiger partial charge in [-0.1, -0.05) is 0 Å². The minimum Gasteiger partial charge on any atom is -0.457 e. The molecule has 6 heteroatoms. The molecule has 0 saturated carbocycles. The molecular weight excluding hydrogens is 180 g/mol. The van der Waals surface area contributed by atoms with Crippen molar-refractivity contribution in [2.75, 3.05) is 13.2 Å². The zero-order valence-electron chi connectivity index (χ0n) is 7.25. The van der Waals surface area contributed by atoms with Crippen LogP contribution in [0.3, 0.4) is 0 Å². The second-order valence-electron chi connectivity index (χ2n) is 2.57. The van der Waals surface area contributed by atoms with Gasteiger partial charge >= 0.3 is 5.97 Å². The van der Waals surface area contributed by atoms with Crippen molar-refractivity contribution in [3.63, 3.8) is 0 Å². The molecule has 0 amide bonds. The molecule has 13 heavy (non-hydrogen) atoms. The van der Waals surface area contributed by atoms with Crippen molar-refractivity contribution >= 4 is 5.97 Å². The Kier molecular flexibility index (Phi) is 5.56. The van der Waals surface area contributed by atoms with Crippen LogP contribution in [0.1, 0.15) is 6.92 Å². The first-order valence-corrected chi connectivity index (χ1v) is 3.78. The van der Waals surface area contributed by atoms with E-state index < -0.39 is 37.5 Å². The number of ether oxygens (including phenoxy) is 1. The fourth-order valence-corrected chi connectivity index (χ4v) is 0.784. The van der Waals surface area contributed by atoms with Gasteiger partial charge in [0.15, 0.2) is 6.10 Å². The van der Waals surface area contributed by atoms with Crippen LogP contribution in [0.15, 0.2) is 0 Å². The van der Waals surface area contributed by atoms with Gasteiger partial charge in [0.1, 0.15) is 12.2 Å². The smallest absolute Gasteiger partial charge is 0.303 e. The van der Waals surface area contributed by atoms with Gasteiger partial charge < -0.3 is 25.2 Å². The molecule has 0 radical (unpaired) electrons. The summed E-state index contributed by atoms with van der Waals surface area (Å²) >= 11 is 0. The SMILES string of the molecule is CC(=O)O[C@@H](CO)[C@@H](O)[C@@H](O)CO. The van der Waals surface area contributed by atoms with Crippen molar-refractivity contribution in [2.24, 2.45) is 0 Å². The number of aliphatic hydroxyl groups excluding tert-OH is 4. The minimum absolute atomic E-state index is 0.613. The Morgan fingerprint density at radius 3 is 2.15 bits per heavy atom. The Labute approximate surface area is 75.4 Å². The summed E-state index contributed by atoms with van der Waals surface area (Å²) in [4.78, 5) is 10.4. The number of carbonyl (C=O) groups is 1. The highest BCUT2D eigenvalue weighted by Crippen LogP contribution is 2.04. The standard InChI is InChI=1S/C7H14O6/c1-4(10)13-6(3-9)7(12)5(11)2-8/h5-9,11-12H,2-3H2,1H3/t5-,6-,7-/m0/s1. The van der Waals surface area contributed by atoms with Crippen molar-refractivity contribution in [3.05, 3.63) is 0 Å². The van der Waals surface area contributed by atoms with Crippen LogP contribution >= 0.6 is 0 Å². The molecule has 0 aromatic carbocycles. The molecule has 0 fully saturated rings. The van der Waals surface area contributed by atoms with E-state index in [0.29, 0.717) is 0 Å². The Hall–Kier alpha value is -0.690. The summed E-state index contributed by atoms with van der Waals surface area (Å²) < 4.78 is 4.47. The van der Waals surface area contributed by atoms with Crippen LogP contribution in [0, 0.1) is 0 Å². The zero-order chi connectivity index (χ0) is 10.4. The molecule has 0 aliphatic rings. The lowest BCUT2D eigenvalue weighted by atomic mass is 10.1. The van der Waals surface area contributed by atoms with Gasteiger partial charge in [-0.3, -0.25) is 4.79 Å². The van der Waals surface area contributed by atoms with Gasteiger partial charge in [0.05, 0.1) is 13.2 Å². The van der Waals surface area contributed by atoms with Crippen LogP contribution in [0.4, 0.5) is 0 Å². The third-order valence-corrected chi connectivity index (χ3v) is 1.46. The van der Waals surface area contributed by atoms with E-state index in [1.807, 2.05) is 0 Å². The van der Waals surface area contributed by atoms with E-state index in [4.69, 9.17) is 15.3 Å². The molecule has 0 saturated heterocycles. The number of rotatable bonds is 5. The zero-order valence-corrected chi connectivity index (χ0v) is 7.25. The van der Waals surface area contributed by atoms with Crippen LogP contribution in [0.5, 0.6) is 0 Å². The van der Waals surface area contributed by atoms with E-state index in [1.54, 1.807) is 0 Å². The summed E-state index contributed by atoms with van der Waals surface area (Å²) in [7, 11) is 0. The highest BCUT2D eigenvalue weighted by Gasteiger charge is 2.27. The number of carbonyl (C=O) groups excluding carboxylic acids is 1. The van der Waals surface area contributed by atoms with Gasteiger partial charge in [0, 0.05) is 6.92 Å². The Balaban J connectivity index is 4.13. The number of hydrogen-bond donors (Lipinski definition) is 4. The van der Waals surface area contributed by atoms with E-state index in [0.717, 1.165) is 6.92 Å². The average molecular weight is 194 g/mol. The molecule has 4 N–H and O–H groups in total. The van der Waals surface area contributed by atoms with Crippen LogP contribution in [0.25, 0.3) is 0 Å². The molecule has 3 atom stereocenters. The predicted octanol–water partition coefficient (Wildman–Crippen LogP) is -2.38.